The first-order valence-corrected chi connectivity index (χ1v) is 8.94. The van der Waals surface area contributed by atoms with Crippen molar-refractivity contribution in [2.75, 3.05) is 18.0 Å². The molecule has 3 aromatic rings. The molecule has 4 heterocycles. The van der Waals surface area contributed by atoms with Crippen LogP contribution in [0.3, 0.4) is 0 Å². The Morgan fingerprint density at radius 2 is 2.38 bits per heavy atom. The topological polar surface area (TPSA) is 80.0 Å². The Hall–Kier alpha value is -2.32. The summed E-state index contributed by atoms with van der Waals surface area (Å²) in [5.41, 5.74) is 1.000. The van der Waals surface area contributed by atoms with Gasteiger partial charge in [-0.1, -0.05) is 5.16 Å². The first kappa shape index (κ1) is 15.2. The fourth-order valence-electron chi connectivity index (χ4n) is 2.98. The molecule has 0 aromatic carbocycles. The fourth-order valence-corrected chi connectivity index (χ4v) is 3.61. The van der Waals surface area contributed by atoms with Crippen LogP contribution in [0.1, 0.15) is 18.7 Å². The van der Waals surface area contributed by atoms with Gasteiger partial charge in [-0.25, -0.2) is 0 Å². The van der Waals surface area contributed by atoms with Crippen LogP contribution in [0, 0.1) is 0 Å². The van der Waals surface area contributed by atoms with Crippen LogP contribution in [0.5, 0.6) is 0 Å². The van der Waals surface area contributed by atoms with Crippen molar-refractivity contribution in [2.45, 2.75) is 25.4 Å². The van der Waals surface area contributed by atoms with Crippen LogP contribution in [0.25, 0.3) is 11.4 Å². The van der Waals surface area contributed by atoms with Gasteiger partial charge in [0.05, 0.1) is 6.54 Å². The number of nitrogens with zero attached hydrogens (tertiary/aromatic N) is 5. The van der Waals surface area contributed by atoms with E-state index in [0.717, 1.165) is 30.9 Å². The predicted octanol–water partition coefficient (Wildman–Crippen LogP) is 2.35. The maximum atomic E-state index is 5.31. The molecule has 1 N–H and O–H groups in total. The minimum absolute atomic E-state index is 0.418. The Bertz CT molecular complexity index is 760. The monoisotopic (exact) mass is 342 g/mol. The highest BCUT2D eigenvalue weighted by atomic mass is 32.1. The average molecular weight is 342 g/mol. The lowest BCUT2D eigenvalue weighted by Gasteiger charge is -2.25. The molecular formula is C16H18N6OS. The Balaban J connectivity index is 1.32. The van der Waals surface area contributed by atoms with E-state index in [1.54, 1.807) is 17.5 Å². The lowest BCUT2D eigenvalue weighted by Crippen LogP contribution is -2.38. The molecule has 0 amide bonds. The van der Waals surface area contributed by atoms with Crippen LogP contribution in [0.4, 0.5) is 5.82 Å². The number of hydrogen-bond acceptors (Lipinski definition) is 8. The van der Waals surface area contributed by atoms with Gasteiger partial charge in [0.2, 0.25) is 11.7 Å². The first-order valence-electron chi connectivity index (χ1n) is 8.00. The third-order valence-electron chi connectivity index (χ3n) is 4.13. The van der Waals surface area contributed by atoms with Crippen LogP contribution in [-0.2, 0) is 6.54 Å². The summed E-state index contributed by atoms with van der Waals surface area (Å²) in [6.45, 7) is 2.45. The number of nitrogens with one attached hydrogen (secondary N) is 1. The van der Waals surface area contributed by atoms with Gasteiger partial charge in [0.15, 0.2) is 5.82 Å². The minimum atomic E-state index is 0.418. The van der Waals surface area contributed by atoms with E-state index in [1.165, 1.54) is 6.42 Å². The summed E-state index contributed by atoms with van der Waals surface area (Å²) in [4.78, 5) is 6.73. The summed E-state index contributed by atoms with van der Waals surface area (Å²) < 4.78 is 5.31. The molecule has 1 aliphatic heterocycles. The van der Waals surface area contributed by atoms with Gasteiger partial charge in [-0.05, 0) is 36.4 Å². The summed E-state index contributed by atoms with van der Waals surface area (Å²) in [7, 11) is 0. The Morgan fingerprint density at radius 1 is 1.38 bits per heavy atom. The molecule has 0 unspecified atom stereocenters. The summed E-state index contributed by atoms with van der Waals surface area (Å²) in [6, 6.07) is 6.34. The third kappa shape index (κ3) is 3.29. The molecule has 8 heteroatoms. The largest absolute Gasteiger partial charge is 0.351 e. The highest BCUT2D eigenvalue weighted by molar-refractivity contribution is 7.08. The number of rotatable bonds is 6. The van der Waals surface area contributed by atoms with E-state index in [9.17, 15) is 0 Å². The molecule has 124 valence electrons. The van der Waals surface area contributed by atoms with E-state index >= 15 is 0 Å². The van der Waals surface area contributed by atoms with Crippen molar-refractivity contribution in [3.63, 3.8) is 0 Å². The zero-order valence-corrected chi connectivity index (χ0v) is 13.9. The van der Waals surface area contributed by atoms with Crippen LogP contribution < -0.4 is 10.2 Å². The van der Waals surface area contributed by atoms with Crippen molar-refractivity contribution < 1.29 is 4.52 Å². The minimum Gasteiger partial charge on any atom is -0.351 e. The molecule has 0 spiro atoms. The first-order chi connectivity index (χ1) is 11.9. The average Bonchev–Trinajstić information content (AvgIpc) is 3.37. The molecule has 0 bridgehead atoms. The Labute approximate surface area is 143 Å². The molecule has 0 radical (unpaired) electrons. The third-order valence-corrected chi connectivity index (χ3v) is 4.82. The van der Waals surface area contributed by atoms with Crippen LogP contribution in [0.15, 0.2) is 39.7 Å². The maximum absolute atomic E-state index is 5.31. The molecule has 0 aliphatic carbocycles. The Kier molecular flexibility index (Phi) is 4.48. The molecule has 4 rings (SSSR count). The SMILES string of the molecule is c1cnnc(N2CCC[C@@H]2CNCc2nc(-c3ccsc3)no2)c1. The van der Waals surface area contributed by atoms with Gasteiger partial charge < -0.3 is 14.7 Å². The number of hydrogen-bond donors (Lipinski definition) is 1. The van der Waals surface area contributed by atoms with Gasteiger partial charge in [0.25, 0.3) is 0 Å². The van der Waals surface area contributed by atoms with Gasteiger partial charge in [-0.3, -0.25) is 0 Å². The van der Waals surface area contributed by atoms with Crippen molar-refractivity contribution in [3.8, 4) is 11.4 Å². The van der Waals surface area contributed by atoms with Crippen molar-refractivity contribution in [3.05, 3.63) is 41.0 Å². The van der Waals surface area contributed by atoms with E-state index in [2.05, 4.69) is 30.6 Å². The zero-order chi connectivity index (χ0) is 16.2. The smallest absolute Gasteiger partial charge is 0.240 e. The molecule has 1 saturated heterocycles. The second kappa shape index (κ2) is 7.06. The molecule has 1 fully saturated rings. The number of thiophene rings is 1. The summed E-state index contributed by atoms with van der Waals surface area (Å²) >= 11 is 1.62. The van der Waals surface area contributed by atoms with E-state index in [1.807, 2.05) is 29.0 Å². The predicted molar refractivity (Wildman–Crippen MR) is 91.7 cm³/mol. The van der Waals surface area contributed by atoms with Gasteiger partial charge >= 0.3 is 0 Å². The van der Waals surface area contributed by atoms with Crippen molar-refractivity contribution in [2.24, 2.45) is 0 Å². The number of anilines is 1. The zero-order valence-electron chi connectivity index (χ0n) is 13.1. The second-order valence-corrected chi connectivity index (χ2v) is 6.51. The van der Waals surface area contributed by atoms with Crippen molar-refractivity contribution in [1.82, 2.24) is 25.7 Å². The molecular weight excluding hydrogens is 324 g/mol. The molecule has 7 nitrogen and oxygen atoms in total. The number of aromatic nitrogens is 4. The highest BCUT2D eigenvalue weighted by Crippen LogP contribution is 2.22. The maximum Gasteiger partial charge on any atom is 0.240 e. The van der Waals surface area contributed by atoms with E-state index < -0.39 is 0 Å². The van der Waals surface area contributed by atoms with Crippen LogP contribution >= 0.6 is 11.3 Å². The van der Waals surface area contributed by atoms with E-state index in [4.69, 9.17) is 4.52 Å². The van der Waals surface area contributed by atoms with Gasteiger partial charge in [0.1, 0.15) is 0 Å². The van der Waals surface area contributed by atoms with Crippen molar-refractivity contribution in [1.29, 1.82) is 0 Å². The molecule has 0 saturated carbocycles. The van der Waals surface area contributed by atoms with Gasteiger partial charge in [-0.2, -0.15) is 21.4 Å². The summed E-state index contributed by atoms with van der Waals surface area (Å²) in [5, 5.41) is 19.7. The molecule has 1 aliphatic rings. The van der Waals surface area contributed by atoms with Crippen LogP contribution in [0.2, 0.25) is 0 Å². The van der Waals surface area contributed by atoms with Gasteiger partial charge in [0, 0.05) is 36.3 Å². The van der Waals surface area contributed by atoms with Gasteiger partial charge in [-0.15, -0.1) is 5.10 Å². The molecule has 3 aromatic heterocycles. The standard InChI is InChI=1S/C16H18N6OS/c1-4-14(20-18-6-1)22-7-2-3-13(22)9-17-10-15-19-16(21-23-15)12-5-8-24-11-12/h1,4-6,8,11,13,17H,2-3,7,9-10H2/t13-/m1/s1. The fraction of sp³-hybridized carbons (Fsp3) is 0.375. The lowest BCUT2D eigenvalue weighted by molar-refractivity contribution is 0.365. The second-order valence-electron chi connectivity index (χ2n) is 5.73. The Morgan fingerprint density at radius 3 is 3.21 bits per heavy atom. The lowest BCUT2D eigenvalue weighted by atomic mass is 10.2. The molecule has 24 heavy (non-hydrogen) atoms. The van der Waals surface area contributed by atoms with E-state index in [0.29, 0.717) is 24.3 Å². The summed E-state index contributed by atoms with van der Waals surface area (Å²) in [5.74, 6) is 2.20. The highest BCUT2D eigenvalue weighted by Gasteiger charge is 2.25. The van der Waals surface area contributed by atoms with Crippen molar-refractivity contribution >= 4 is 17.2 Å². The summed E-state index contributed by atoms with van der Waals surface area (Å²) in [6.07, 6.45) is 4.02. The quantitative estimate of drug-likeness (QED) is 0.736. The van der Waals surface area contributed by atoms with Crippen LogP contribution in [-0.4, -0.2) is 39.5 Å². The molecule has 1 atom stereocenters. The van der Waals surface area contributed by atoms with E-state index in [-0.39, 0.29) is 0 Å². The normalized spacial score (nSPS) is 17.5.